The topological polar surface area (TPSA) is 56.5 Å². The third-order valence-electron chi connectivity index (χ3n) is 5.27. The van der Waals surface area contributed by atoms with Gasteiger partial charge in [-0.2, -0.15) is 9.78 Å². The molecular weight excluding hydrogens is 617 g/mol. The fraction of sp³-hybridized carbons (Fsp3) is 0.192. The van der Waals surface area contributed by atoms with Crippen LogP contribution in [0.2, 0.25) is 10.0 Å². The van der Waals surface area contributed by atoms with Crippen LogP contribution in [-0.4, -0.2) is 15.9 Å². The average Bonchev–Trinajstić information content (AvgIpc) is 2.83. The first kappa shape index (κ1) is 25.9. The summed E-state index contributed by atoms with van der Waals surface area (Å²) in [6.07, 6.45) is 4.14. The summed E-state index contributed by atoms with van der Waals surface area (Å²) < 4.78 is 8.78. The van der Waals surface area contributed by atoms with Gasteiger partial charge >= 0.3 is 0 Å². The number of fused-ring (bicyclic) bond motifs is 1. The molecule has 0 unspecified atom stereocenters. The van der Waals surface area contributed by atoms with Crippen LogP contribution in [0.1, 0.15) is 36.7 Å². The number of aromatic nitrogens is 2. The van der Waals surface area contributed by atoms with Gasteiger partial charge in [0, 0.05) is 15.9 Å². The molecule has 0 aliphatic carbocycles. The summed E-state index contributed by atoms with van der Waals surface area (Å²) in [6, 6.07) is 16.5. The Kier molecular flexibility index (Phi) is 8.65. The molecule has 1 aromatic heterocycles. The minimum Gasteiger partial charge on any atom is -0.486 e. The number of nitrogens with zero attached hydrogens (tertiary/aromatic N) is 3. The van der Waals surface area contributed by atoms with E-state index in [0.717, 1.165) is 22.9 Å². The molecule has 0 aliphatic rings. The Morgan fingerprint density at radius 3 is 2.57 bits per heavy atom. The lowest BCUT2D eigenvalue weighted by Gasteiger charge is -2.12. The van der Waals surface area contributed by atoms with E-state index in [2.05, 4.69) is 43.9 Å². The van der Waals surface area contributed by atoms with Gasteiger partial charge in [-0.25, -0.2) is 4.98 Å². The fourth-order valence-electron chi connectivity index (χ4n) is 3.46. The SMILES string of the molecule is CCCCc1nc2ccc(Br)cc2c(=O)n1N=Cc1cc(Cl)c(OCc2ccc(Cl)cc2)c(Br)c1. The average molecular weight is 638 g/mol. The molecule has 0 saturated heterocycles. The molecule has 3 aromatic carbocycles. The molecule has 4 aromatic rings. The van der Waals surface area contributed by atoms with Crippen molar-refractivity contribution in [2.75, 3.05) is 0 Å². The van der Waals surface area contributed by atoms with Crippen molar-refractivity contribution in [1.29, 1.82) is 0 Å². The van der Waals surface area contributed by atoms with E-state index in [4.69, 9.17) is 32.9 Å². The molecule has 1 heterocycles. The second-order valence-corrected chi connectivity index (χ2v) is 10.5. The monoisotopic (exact) mass is 635 g/mol. The summed E-state index contributed by atoms with van der Waals surface area (Å²) >= 11 is 19.4. The highest BCUT2D eigenvalue weighted by Crippen LogP contribution is 2.35. The van der Waals surface area contributed by atoms with Crippen LogP contribution in [-0.2, 0) is 13.0 Å². The quantitative estimate of drug-likeness (QED) is 0.184. The summed E-state index contributed by atoms with van der Waals surface area (Å²) in [7, 11) is 0. The van der Waals surface area contributed by atoms with Gasteiger partial charge in [-0.3, -0.25) is 4.79 Å². The van der Waals surface area contributed by atoms with Crippen molar-refractivity contribution in [3.63, 3.8) is 0 Å². The summed E-state index contributed by atoms with van der Waals surface area (Å²) in [6.45, 7) is 2.44. The molecule has 0 saturated carbocycles. The van der Waals surface area contributed by atoms with Crippen molar-refractivity contribution >= 4 is 72.2 Å². The number of hydrogen-bond acceptors (Lipinski definition) is 4. The van der Waals surface area contributed by atoms with Crippen LogP contribution < -0.4 is 10.3 Å². The summed E-state index contributed by atoms with van der Waals surface area (Å²) in [4.78, 5) is 17.9. The Labute approximate surface area is 230 Å². The molecule has 0 aliphatic heterocycles. The van der Waals surface area contributed by atoms with Crippen LogP contribution in [0.25, 0.3) is 10.9 Å². The van der Waals surface area contributed by atoms with Crippen LogP contribution in [0.15, 0.2) is 73.4 Å². The predicted molar refractivity (Wildman–Crippen MR) is 150 cm³/mol. The van der Waals surface area contributed by atoms with Crippen LogP contribution in [0.3, 0.4) is 0 Å². The Morgan fingerprint density at radius 2 is 1.86 bits per heavy atom. The largest absolute Gasteiger partial charge is 0.486 e. The van der Waals surface area contributed by atoms with Crippen molar-refractivity contribution in [2.45, 2.75) is 32.8 Å². The van der Waals surface area contributed by atoms with E-state index in [1.807, 2.05) is 42.5 Å². The van der Waals surface area contributed by atoms with E-state index >= 15 is 0 Å². The second kappa shape index (κ2) is 11.7. The molecule has 4 rings (SSSR count). The van der Waals surface area contributed by atoms with Crippen LogP contribution in [0.4, 0.5) is 0 Å². The number of halogens is 4. The Bertz CT molecular complexity index is 1430. The maximum Gasteiger partial charge on any atom is 0.282 e. The van der Waals surface area contributed by atoms with E-state index in [1.54, 1.807) is 18.3 Å². The smallest absolute Gasteiger partial charge is 0.282 e. The van der Waals surface area contributed by atoms with E-state index in [9.17, 15) is 4.79 Å². The molecule has 0 fully saturated rings. The van der Waals surface area contributed by atoms with Crippen molar-refractivity contribution in [3.05, 3.63) is 101 Å². The molecule has 0 radical (unpaired) electrons. The van der Waals surface area contributed by atoms with Gasteiger partial charge in [0.1, 0.15) is 12.4 Å². The number of aryl methyl sites for hydroxylation is 1. The molecule has 0 amide bonds. The van der Waals surface area contributed by atoms with Crippen molar-refractivity contribution in [1.82, 2.24) is 9.66 Å². The number of ether oxygens (including phenoxy) is 1. The maximum atomic E-state index is 13.2. The van der Waals surface area contributed by atoms with Crippen LogP contribution in [0, 0.1) is 0 Å². The van der Waals surface area contributed by atoms with E-state index < -0.39 is 0 Å². The second-order valence-electron chi connectivity index (χ2n) is 7.88. The summed E-state index contributed by atoms with van der Waals surface area (Å²) in [5.41, 5.74) is 2.12. The van der Waals surface area contributed by atoms with Gasteiger partial charge in [-0.05, 0) is 75.9 Å². The van der Waals surface area contributed by atoms with Crippen molar-refractivity contribution in [2.24, 2.45) is 5.10 Å². The maximum absolute atomic E-state index is 13.2. The number of hydrogen-bond donors (Lipinski definition) is 0. The highest BCUT2D eigenvalue weighted by Gasteiger charge is 2.12. The number of benzene rings is 3. The van der Waals surface area contributed by atoms with Gasteiger partial charge in [-0.15, -0.1) is 0 Å². The highest BCUT2D eigenvalue weighted by molar-refractivity contribution is 9.10. The third-order valence-corrected chi connectivity index (χ3v) is 6.88. The van der Waals surface area contributed by atoms with Gasteiger partial charge in [-0.1, -0.05) is 64.6 Å². The molecule has 9 heteroatoms. The van der Waals surface area contributed by atoms with Crippen molar-refractivity contribution < 1.29 is 4.74 Å². The van der Waals surface area contributed by atoms with Gasteiger partial charge in [0.2, 0.25) is 0 Å². The highest BCUT2D eigenvalue weighted by atomic mass is 79.9. The molecule has 35 heavy (non-hydrogen) atoms. The van der Waals surface area contributed by atoms with E-state index in [-0.39, 0.29) is 5.56 Å². The zero-order valence-corrected chi connectivity index (χ0v) is 23.5. The first-order valence-corrected chi connectivity index (χ1v) is 13.3. The summed E-state index contributed by atoms with van der Waals surface area (Å²) in [5, 5.41) is 6.09. The van der Waals surface area contributed by atoms with Gasteiger partial charge < -0.3 is 4.74 Å². The van der Waals surface area contributed by atoms with Crippen LogP contribution in [0.5, 0.6) is 5.75 Å². The molecule has 0 spiro atoms. The van der Waals surface area contributed by atoms with Crippen molar-refractivity contribution in [3.8, 4) is 5.75 Å². The lowest BCUT2D eigenvalue weighted by Crippen LogP contribution is -2.22. The fourth-order valence-corrected chi connectivity index (χ4v) is 4.94. The first-order valence-electron chi connectivity index (χ1n) is 11.0. The third kappa shape index (κ3) is 6.33. The summed E-state index contributed by atoms with van der Waals surface area (Å²) in [5.74, 6) is 1.15. The zero-order valence-electron chi connectivity index (χ0n) is 18.8. The first-order chi connectivity index (χ1) is 16.9. The lowest BCUT2D eigenvalue weighted by molar-refractivity contribution is 0.304. The van der Waals surface area contributed by atoms with Crippen LogP contribution >= 0.6 is 55.1 Å². The van der Waals surface area contributed by atoms with Gasteiger partial charge in [0.25, 0.3) is 5.56 Å². The molecule has 0 atom stereocenters. The molecule has 0 N–H and O–H groups in total. The zero-order chi connectivity index (χ0) is 24.9. The number of rotatable bonds is 8. The molecule has 180 valence electrons. The van der Waals surface area contributed by atoms with E-state index in [0.29, 0.717) is 55.6 Å². The molecule has 0 bridgehead atoms. The minimum absolute atomic E-state index is 0.216. The van der Waals surface area contributed by atoms with Gasteiger partial charge in [0.05, 0.1) is 26.6 Å². The van der Waals surface area contributed by atoms with Gasteiger partial charge in [0.15, 0.2) is 5.75 Å². The number of unbranched alkanes of at least 4 members (excludes halogenated alkanes) is 1. The molecule has 5 nitrogen and oxygen atoms in total. The van der Waals surface area contributed by atoms with E-state index in [1.165, 1.54) is 4.68 Å². The Morgan fingerprint density at radius 1 is 1.09 bits per heavy atom. The molecular formula is C26H21Br2Cl2N3O2. The standard InChI is InChI=1S/C26H21Br2Cl2N3O2/c1-2-3-4-24-32-23-10-7-18(27)13-20(23)26(34)33(24)31-14-17-11-21(28)25(22(30)12-17)35-15-16-5-8-19(29)9-6-16/h5-14H,2-4,15H2,1H3. The predicted octanol–water partition coefficient (Wildman–Crippen LogP) is 8.03. The lowest BCUT2D eigenvalue weighted by atomic mass is 10.2. The normalized spacial score (nSPS) is 11.5. The minimum atomic E-state index is -0.216. The Balaban J connectivity index is 1.63. The Hall–Kier alpha value is -2.19.